The van der Waals surface area contributed by atoms with Gasteiger partial charge in [-0.25, -0.2) is 14.2 Å². The third-order valence-corrected chi connectivity index (χ3v) is 13.6. The van der Waals surface area contributed by atoms with Crippen molar-refractivity contribution in [3.8, 4) is 0 Å². The second-order valence-electron chi connectivity index (χ2n) is 15.9. The fraction of sp³-hybridized carbons (Fsp3) is 0.265. The first-order valence-electron chi connectivity index (χ1n) is 21.6. The van der Waals surface area contributed by atoms with Gasteiger partial charge in [-0.3, -0.25) is 4.79 Å². The van der Waals surface area contributed by atoms with Gasteiger partial charge in [0.2, 0.25) is 0 Å². The van der Waals surface area contributed by atoms with Crippen LogP contribution in [0.4, 0.5) is 23.0 Å². The average Bonchev–Trinajstić information content (AvgIpc) is 4.03. The molecule has 4 aliphatic rings. The molecule has 2 unspecified atom stereocenters. The SMILES string of the molecule is CC1=C(C(=O)N2CCN(c3ccccc3)CC2)C(c2cccc(Cl)c2Cl)n2nccc2N1.COC(=O)C1=C(C)Nc2ccnn2C1c1cccc(Cl)c1Cl.c1ccc(N2CCNCC2)cc1. The van der Waals surface area contributed by atoms with E-state index in [0.29, 0.717) is 55.6 Å². The van der Waals surface area contributed by atoms with Crippen molar-refractivity contribution in [2.75, 3.05) is 79.9 Å². The molecule has 2 aromatic heterocycles. The second-order valence-corrected chi connectivity index (χ2v) is 17.5. The number of halogens is 4. The summed E-state index contributed by atoms with van der Waals surface area (Å²) in [4.78, 5) is 32.7. The molecular weight excluding hydrogens is 918 g/mol. The lowest BCUT2D eigenvalue weighted by molar-refractivity contribution is -0.136. The van der Waals surface area contributed by atoms with Gasteiger partial charge >= 0.3 is 5.97 Å². The number of hydrogen-bond donors (Lipinski definition) is 3. The van der Waals surface area contributed by atoms with E-state index in [1.54, 1.807) is 40.0 Å². The molecule has 10 rings (SSSR count). The molecule has 6 aromatic rings. The molecule has 2 atom stereocenters. The fourth-order valence-electron chi connectivity index (χ4n) is 8.64. The Hall–Kier alpha value is -5.96. The van der Waals surface area contributed by atoms with E-state index in [1.807, 2.05) is 67.3 Å². The minimum atomic E-state index is -0.495. The second kappa shape index (κ2) is 21.1. The third-order valence-electron chi connectivity index (χ3n) is 11.9. The Balaban J connectivity index is 0.000000150. The highest BCUT2D eigenvalue weighted by molar-refractivity contribution is 6.43. The van der Waals surface area contributed by atoms with Crippen LogP contribution in [0.15, 0.2) is 144 Å². The molecule has 0 bridgehead atoms. The summed E-state index contributed by atoms with van der Waals surface area (Å²) >= 11 is 25.4. The minimum Gasteiger partial charge on any atom is -0.466 e. The van der Waals surface area contributed by atoms with Crippen molar-refractivity contribution in [3.63, 3.8) is 0 Å². The molecule has 4 aliphatic heterocycles. The quantitative estimate of drug-likeness (QED) is 0.139. The van der Waals surface area contributed by atoms with Crippen LogP contribution in [0.2, 0.25) is 20.1 Å². The number of nitrogens with zero attached hydrogens (tertiary/aromatic N) is 7. The summed E-state index contributed by atoms with van der Waals surface area (Å²) in [5, 5.41) is 20.3. The number of carbonyl (C=O) groups excluding carboxylic acids is 2. The predicted octanol–water partition coefficient (Wildman–Crippen LogP) is 9.58. The number of amides is 1. The van der Waals surface area contributed by atoms with Crippen molar-refractivity contribution in [2.45, 2.75) is 25.9 Å². The molecule has 4 aromatic carbocycles. The number of ether oxygens (including phenoxy) is 1. The Labute approximate surface area is 404 Å². The zero-order valence-electron chi connectivity index (χ0n) is 36.7. The summed E-state index contributed by atoms with van der Waals surface area (Å²) in [6.45, 7) is 11.1. The maximum Gasteiger partial charge on any atom is 0.338 e. The number of rotatable bonds is 6. The van der Waals surface area contributed by atoms with Crippen LogP contribution >= 0.6 is 46.4 Å². The zero-order chi connectivity index (χ0) is 46.3. The first-order chi connectivity index (χ1) is 32.0. The maximum atomic E-state index is 13.8. The van der Waals surface area contributed by atoms with Gasteiger partial charge in [0, 0.05) is 98.4 Å². The van der Waals surface area contributed by atoms with Crippen LogP contribution < -0.4 is 25.8 Å². The highest BCUT2D eigenvalue weighted by atomic mass is 35.5. The number of benzene rings is 4. The summed E-state index contributed by atoms with van der Waals surface area (Å²) in [5.74, 6) is 1.14. The number of hydrogen-bond acceptors (Lipinski definition) is 10. The summed E-state index contributed by atoms with van der Waals surface area (Å²) in [7, 11) is 1.35. The normalized spacial score (nSPS) is 17.8. The van der Waals surface area contributed by atoms with Gasteiger partial charge in [-0.05, 0) is 50.2 Å². The Bertz CT molecular complexity index is 2730. The van der Waals surface area contributed by atoms with E-state index in [9.17, 15) is 9.59 Å². The van der Waals surface area contributed by atoms with Gasteiger partial charge in [-0.2, -0.15) is 10.2 Å². The van der Waals surface area contributed by atoms with Gasteiger partial charge in [0.15, 0.2) is 0 Å². The van der Waals surface area contributed by atoms with E-state index < -0.39 is 18.1 Å². The van der Waals surface area contributed by atoms with Crippen molar-refractivity contribution in [3.05, 3.63) is 175 Å². The van der Waals surface area contributed by atoms with Gasteiger partial charge in [-0.15, -0.1) is 0 Å². The van der Waals surface area contributed by atoms with Crippen LogP contribution in [0.25, 0.3) is 0 Å². The van der Waals surface area contributed by atoms with Gasteiger partial charge < -0.3 is 35.4 Å². The molecule has 2 saturated heterocycles. The van der Waals surface area contributed by atoms with Gasteiger partial charge in [0.1, 0.15) is 23.7 Å². The smallest absolute Gasteiger partial charge is 0.338 e. The summed E-state index contributed by atoms with van der Waals surface area (Å²) in [6, 6.07) is 34.5. The van der Waals surface area contributed by atoms with Crippen molar-refractivity contribution in [1.82, 2.24) is 29.8 Å². The van der Waals surface area contributed by atoms with Crippen LogP contribution in [-0.2, 0) is 14.3 Å². The average molecular weight is 969 g/mol. The van der Waals surface area contributed by atoms with Crippen LogP contribution in [0.3, 0.4) is 0 Å². The summed E-state index contributed by atoms with van der Waals surface area (Å²) < 4.78 is 8.41. The molecule has 1 amide bonds. The molecule has 3 N–H and O–H groups in total. The molecule has 17 heteroatoms. The van der Waals surface area contributed by atoms with Crippen LogP contribution in [0.1, 0.15) is 37.1 Å². The minimum absolute atomic E-state index is 0.00935. The van der Waals surface area contributed by atoms with Crippen LogP contribution in [0.5, 0.6) is 0 Å². The number of fused-ring (bicyclic) bond motifs is 2. The van der Waals surface area contributed by atoms with Gasteiger partial charge in [-0.1, -0.05) is 107 Å². The molecular formula is C49H50Cl4N10O3. The number of anilines is 4. The number of aromatic nitrogens is 4. The third kappa shape index (κ3) is 9.91. The predicted molar refractivity (Wildman–Crippen MR) is 265 cm³/mol. The van der Waals surface area contributed by atoms with Crippen molar-refractivity contribution in [1.29, 1.82) is 0 Å². The molecule has 6 heterocycles. The van der Waals surface area contributed by atoms with Gasteiger partial charge in [0.25, 0.3) is 5.91 Å². The number of piperazine rings is 2. The number of esters is 1. The molecule has 66 heavy (non-hydrogen) atoms. The van der Waals surface area contributed by atoms with Gasteiger partial charge in [0.05, 0.1) is 50.7 Å². The number of carbonyl (C=O) groups is 2. The molecule has 2 fully saturated rings. The van der Waals surface area contributed by atoms with E-state index in [-0.39, 0.29) is 5.91 Å². The number of nitrogens with one attached hydrogen (secondary N) is 3. The lowest BCUT2D eigenvalue weighted by Gasteiger charge is -2.38. The highest BCUT2D eigenvalue weighted by Gasteiger charge is 2.38. The summed E-state index contributed by atoms with van der Waals surface area (Å²) in [6.07, 6.45) is 3.37. The van der Waals surface area contributed by atoms with E-state index >= 15 is 0 Å². The summed E-state index contributed by atoms with van der Waals surface area (Å²) in [5.41, 5.74) is 6.56. The Morgan fingerprint density at radius 2 is 1.03 bits per heavy atom. The lowest BCUT2D eigenvalue weighted by atomic mass is 9.94. The number of allylic oxidation sites excluding steroid dienone is 2. The monoisotopic (exact) mass is 966 g/mol. The Morgan fingerprint density at radius 3 is 1.52 bits per heavy atom. The number of methoxy groups -OCH3 is 1. The van der Waals surface area contributed by atoms with Crippen LogP contribution in [0, 0.1) is 0 Å². The van der Waals surface area contributed by atoms with Crippen LogP contribution in [-0.4, -0.2) is 95.8 Å². The van der Waals surface area contributed by atoms with Crippen molar-refractivity contribution < 1.29 is 14.3 Å². The zero-order valence-corrected chi connectivity index (χ0v) is 39.7. The highest BCUT2D eigenvalue weighted by Crippen LogP contribution is 2.42. The van der Waals surface area contributed by atoms with E-state index in [2.05, 4.69) is 78.4 Å². The van der Waals surface area contributed by atoms with E-state index in [4.69, 9.17) is 51.1 Å². The molecule has 342 valence electrons. The van der Waals surface area contributed by atoms with E-state index in [0.717, 1.165) is 62.2 Å². The Morgan fingerprint density at radius 1 is 0.576 bits per heavy atom. The molecule has 0 spiro atoms. The molecule has 0 saturated carbocycles. The van der Waals surface area contributed by atoms with E-state index in [1.165, 1.54) is 18.5 Å². The molecule has 13 nitrogen and oxygen atoms in total. The van der Waals surface area contributed by atoms with Crippen molar-refractivity contribution >= 4 is 81.3 Å². The maximum absolute atomic E-state index is 13.8. The number of para-hydroxylation sites is 2. The topological polar surface area (TPSA) is 125 Å². The fourth-order valence-corrected chi connectivity index (χ4v) is 9.46. The Kier molecular flexibility index (Phi) is 14.9. The molecule has 0 aliphatic carbocycles. The molecule has 0 radical (unpaired) electrons. The first-order valence-corrected chi connectivity index (χ1v) is 23.2. The first kappa shape index (κ1) is 46.6. The standard InChI is InChI=1S/C24H23Cl2N5O.C15H13Cl2N3O2.C10H14N2/c1-16-21(24(32)30-14-12-29(13-15-30)17-6-3-2-4-7-17)23(31-20(28-16)10-11-27-31)18-8-5-9-19(25)22(18)26;1-8-12(15(21)22-2)14(20-11(19-8)6-7-18-20)9-4-3-5-10(16)13(9)17;1-2-4-10(5-3-1)12-8-6-11-7-9-12/h2-11,23,28H,12-15H2,1H3;3-7,14,19H,1-2H3;1-5,11H,6-9H2. The lowest BCUT2D eigenvalue weighted by Crippen LogP contribution is -2.50. The van der Waals surface area contributed by atoms with Crippen molar-refractivity contribution in [2.24, 2.45) is 0 Å². The largest absolute Gasteiger partial charge is 0.466 e.